The highest BCUT2D eigenvalue weighted by Gasteiger charge is 2.14. The number of benzene rings is 2. The molecule has 0 unspecified atom stereocenters. The van der Waals surface area contributed by atoms with Crippen LogP contribution in [0.5, 0.6) is 0 Å². The maximum absolute atomic E-state index is 12.4. The topological polar surface area (TPSA) is 66.9 Å². The van der Waals surface area contributed by atoms with Gasteiger partial charge in [0, 0.05) is 15.2 Å². The summed E-state index contributed by atoms with van der Waals surface area (Å²) in [5.74, 6) is 0. The van der Waals surface area contributed by atoms with Crippen LogP contribution >= 0.6 is 27.3 Å². The van der Waals surface area contributed by atoms with Gasteiger partial charge in [0.25, 0.3) is 0 Å². The fourth-order valence-corrected chi connectivity index (χ4v) is 3.93. The van der Waals surface area contributed by atoms with Crippen molar-refractivity contribution in [2.24, 2.45) is 0 Å². The number of rotatable bonds is 3. The number of halogens is 1. The van der Waals surface area contributed by atoms with E-state index in [0.717, 1.165) is 21.0 Å². The number of aromatic nitrogens is 1. The Morgan fingerprint density at radius 3 is 2.75 bits per heavy atom. The van der Waals surface area contributed by atoms with Crippen LogP contribution in [0.15, 0.2) is 67.6 Å². The standard InChI is InChI=1S/C22H13BrN2O2S/c1-13-2-4-14(5-3-13)8-16(11-24)21-25-19(12-28-21)18-10-15-9-17(23)6-7-20(15)27-22(18)26/h2-10,12H,1H3/b16-8+. The van der Waals surface area contributed by atoms with Crippen LogP contribution < -0.4 is 5.63 Å². The van der Waals surface area contributed by atoms with Gasteiger partial charge in [-0.1, -0.05) is 45.8 Å². The van der Waals surface area contributed by atoms with Crippen molar-refractivity contribution < 1.29 is 4.42 Å². The van der Waals surface area contributed by atoms with E-state index in [1.807, 2.05) is 43.3 Å². The Kier molecular flexibility index (Phi) is 4.95. The molecule has 0 atom stereocenters. The number of hydrogen-bond donors (Lipinski definition) is 0. The Morgan fingerprint density at radius 1 is 1.21 bits per heavy atom. The lowest BCUT2D eigenvalue weighted by atomic mass is 10.1. The zero-order valence-electron chi connectivity index (χ0n) is 14.8. The zero-order chi connectivity index (χ0) is 19.7. The third-order valence-electron chi connectivity index (χ3n) is 4.21. The van der Waals surface area contributed by atoms with Crippen molar-refractivity contribution >= 4 is 49.9 Å². The van der Waals surface area contributed by atoms with E-state index in [0.29, 0.717) is 27.4 Å². The van der Waals surface area contributed by atoms with Crippen molar-refractivity contribution in [2.45, 2.75) is 6.92 Å². The van der Waals surface area contributed by atoms with Gasteiger partial charge in [0.1, 0.15) is 16.7 Å². The van der Waals surface area contributed by atoms with Gasteiger partial charge < -0.3 is 4.42 Å². The number of nitriles is 1. The quantitative estimate of drug-likeness (QED) is 0.282. The second kappa shape index (κ2) is 7.55. The normalized spacial score (nSPS) is 11.5. The van der Waals surface area contributed by atoms with Gasteiger partial charge in [-0.05, 0) is 42.8 Å². The predicted octanol–water partition coefficient (Wildman–Crippen LogP) is 6.05. The molecule has 2 aromatic heterocycles. The van der Waals surface area contributed by atoms with Gasteiger partial charge in [-0.15, -0.1) is 11.3 Å². The van der Waals surface area contributed by atoms with Crippen molar-refractivity contribution in [1.29, 1.82) is 5.26 Å². The summed E-state index contributed by atoms with van der Waals surface area (Å²) < 4.78 is 6.31. The van der Waals surface area contributed by atoms with Gasteiger partial charge in [0.05, 0.1) is 16.8 Å². The van der Waals surface area contributed by atoms with E-state index in [1.54, 1.807) is 23.6 Å². The number of fused-ring (bicyclic) bond motifs is 1. The van der Waals surface area contributed by atoms with Crippen molar-refractivity contribution in [3.05, 3.63) is 84.9 Å². The van der Waals surface area contributed by atoms with Crippen LogP contribution in [-0.4, -0.2) is 4.98 Å². The first-order chi connectivity index (χ1) is 13.5. The van der Waals surface area contributed by atoms with E-state index < -0.39 is 5.63 Å². The SMILES string of the molecule is Cc1ccc(/C=C(\C#N)c2nc(-c3cc4cc(Br)ccc4oc3=O)cs2)cc1. The first kappa shape index (κ1) is 18.4. The second-order valence-corrected chi connectivity index (χ2v) is 8.02. The molecule has 0 N–H and O–H groups in total. The Hall–Kier alpha value is -3.01. The van der Waals surface area contributed by atoms with E-state index in [9.17, 15) is 10.1 Å². The van der Waals surface area contributed by atoms with Crippen molar-refractivity contribution in [3.63, 3.8) is 0 Å². The van der Waals surface area contributed by atoms with Gasteiger partial charge in [0.2, 0.25) is 0 Å². The summed E-state index contributed by atoms with van der Waals surface area (Å²) in [4.78, 5) is 16.9. The molecule has 2 heterocycles. The Balaban J connectivity index is 1.75. The van der Waals surface area contributed by atoms with E-state index in [2.05, 4.69) is 27.0 Å². The maximum atomic E-state index is 12.4. The molecule has 0 aliphatic carbocycles. The molecule has 4 aromatic rings. The molecular formula is C22H13BrN2O2S. The van der Waals surface area contributed by atoms with Crippen LogP contribution in [0.25, 0.3) is 33.9 Å². The predicted molar refractivity (Wildman–Crippen MR) is 116 cm³/mol. The molecule has 28 heavy (non-hydrogen) atoms. The molecule has 0 radical (unpaired) electrons. The lowest BCUT2D eigenvalue weighted by molar-refractivity contribution is 0.563. The molecule has 0 bridgehead atoms. The fraction of sp³-hybridized carbons (Fsp3) is 0.0455. The van der Waals surface area contributed by atoms with Crippen LogP contribution in [0, 0.1) is 18.3 Å². The Labute approximate surface area is 173 Å². The van der Waals surface area contributed by atoms with Crippen LogP contribution in [0.4, 0.5) is 0 Å². The Bertz CT molecular complexity index is 1310. The van der Waals surface area contributed by atoms with Crippen molar-refractivity contribution in [3.8, 4) is 17.3 Å². The monoisotopic (exact) mass is 448 g/mol. The number of allylic oxidation sites excluding steroid dienone is 1. The van der Waals surface area contributed by atoms with Crippen molar-refractivity contribution in [1.82, 2.24) is 4.98 Å². The molecule has 2 aromatic carbocycles. The largest absolute Gasteiger partial charge is 0.422 e. The van der Waals surface area contributed by atoms with Crippen molar-refractivity contribution in [2.75, 3.05) is 0 Å². The number of hydrogen-bond acceptors (Lipinski definition) is 5. The third kappa shape index (κ3) is 3.68. The average molecular weight is 449 g/mol. The van der Waals surface area contributed by atoms with E-state index in [1.165, 1.54) is 11.3 Å². The first-order valence-corrected chi connectivity index (χ1v) is 10.1. The van der Waals surface area contributed by atoms with Gasteiger partial charge in [-0.3, -0.25) is 0 Å². The molecule has 0 amide bonds. The van der Waals surface area contributed by atoms with E-state index in [-0.39, 0.29) is 0 Å². The van der Waals surface area contributed by atoms with Gasteiger partial charge in [-0.25, -0.2) is 9.78 Å². The second-order valence-electron chi connectivity index (χ2n) is 6.25. The van der Waals surface area contributed by atoms with E-state index in [4.69, 9.17) is 4.42 Å². The lowest BCUT2D eigenvalue weighted by Crippen LogP contribution is -2.02. The summed E-state index contributed by atoms with van der Waals surface area (Å²) in [6, 6.07) is 17.3. The Morgan fingerprint density at radius 2 is 2.00 bits per heavy atom. The van der Waals surface area contributed by atoms with Crippen LogP contribution in [0.3, 0.4) is 0 Å². The summed E-state index contributed by atoms with van der Waals surface area (Å²) in [6.45, 7) is 2.01. The van der Waals surface area contributed by atoms with Crippen LogP contribution in [0.2, 0.25) is 0 Å². The molecule has 0 aliphatic heterocycles. The zero-order valence-corrected chi connectivity index (χ0v) is 17.2. The minimum Gasteiger partial charge on any atom is -0.422 e. The minimum absolute atomic E-state index is 0.376. The molecule has 0 aliphatic rings. The van der Waals surface area contributed by atoms with Crippen LogP contribution in [0.1, 0.15) is 16.1 Å². The molecule has 0 saturated heterocycles. The highest BCUT2D eigenvalue weighted by molar-refractivity contribution is 9.10. The third-order valence-corrected chi connectivity index (χ3v) is 5.58. The molecule has 0 spiro atoms. The summed E-state index contributed by atoms with van der Waals surface area (Å²) in [7, 11) is 0. The minimum atomic E-state index is -0.451. The van der Waals surface area contributed by atoms with Gasteiger partial charge in [0.15, 0.2) is 0 Å². The first-order valence-electron chi connectivity index (χ1n) is 8.41. The molecule has 0 fully saturated rings. The van der Waals surface area contributed by atoms with Gasteiger partial charge in [-0.2, -0.15) is 5.26 Å². The smallest absolute Gasteiger partial charge is 0.345 e. The number of thiazole rings is 1. The van der Waals surface area contributed by atoms with Crippen LogP contribution in [-0.2, 0) is 0 Å². The molecule has 6 heteroatoms. The number of nitrogens with zero attached hydrogens (tertiary/aromatic N) is 2. The van der Waals surface area contributed by atoms with Gasteiger partial charge >= 0.3 is 5.63 Å². The maximum Gasteiger partial charge on any atom is 0.345 e. The molecule has 0 saturated carbocycles. The molecule has 136 valence electrons. The summed E-state index contributed by atoms with van der Waals surface area (Å²) in [5.41, 5.74) is 3.47. The highest BCUT2D eigenvalue weighted by Crippen LogP contribution is 2.28. The summed E-state index contributed by atoms with van der Waals surface area (Å²) in [5, 5.41) is 12.7. The molecule has 4 nitrogen and oxygen atoms in total. The fourth-order valence-electron chi connectivity index (χ4n) is 2.77. The van der Waals surface area contributed by atoms with E-state index >= 15 is 0 Å². The average Bonchev–Trinajstić information content (AvgIpc) is 3.17. The number of aryl methyl sites for hydroxylation is 1. The highest BCUT2D eigenvalue weighted by atomic mass is 79.9. The summed E-state index contributed by atoms with van der Waals surface area (Å²) >= 11 is 4.75. The molecular weight excluding hydrogens is 436 g/mol. The lowest BCUT2D eigenvalue weighted by Gasteiger charge is -2.00. The molecule has 4 rings (SSSR count). The summed E-state index contributed by atoms with van der Waals surface area (Å²) in [6.07, 6.45) is 1.79.